The SMILES string of the molecule is Cc1cccc2c1C=C(COc1ccccc1)S2(=O)=O. The van der Waals surface area contributed by atoms with Gasteiger partial charge in [0.25, 0.3) is 0 Å². The highest BCUT2D eigenvalue weighted by Crippen LogP contribution is 2.34. The predicted molar refractivity (Wildman–Crippen MR) is 78.3 cm³/mol. The molecule has 0 saturated carbocycles. The van der Waals surface area contributed by atoms with E-state index in [9.17, 15) is 8.42 Å². The maximum Gasteiger partial charge on any atom is 0.206 e. The molecule has 0 spiro atoms. The largest absolute Gasteiger partial charge is 0.488 e. The molecule has 0 bridgehead atoms. The van der Waals surface area contributed by atoms with Crippen molar-refractivity contribution in [2.24, 2.45) is 0 Å². The fraction of sp³-hybridized carbons (Fsp3) is 0.125. The summed E-state index contributed by atoms with van der Waals surface area (Å²) in [5.74, 6) is 0.663. The summed E-state index contributed by atoms with van der Waals surface area (Å²) >= 11 is 0. The lowest BCUT2D eigenvalue weighted by atomic mass is 10.1. The number of hydrogen-bond acceptors (Lipinski definition) is 3. The van der Waals surface area contributed by atoms with Crippen LogP contribution in [0.2, 0.25) is 0 Å². The Hall–Kier alpha value is -2.07. The van der Waals surface area contributed by atoms with Crippen LogP contribution in [0.3, 0.4) is 0 Å². The molecule has 0 amide bonds. The van der Waals surface area contributed by atoms with Crippen LogP contribution >= 0.6 is 0 Å². The Balaban J connectivity index is 1.89. The van der Waals surface area contributed by atoms with Gasteiger partial charge in [-0.25, -0.2) is 8.42 Å². The highest BCUT2D eigenvalue weighted by atomic mass is 32.2. The van der Waals surface area contributed by atoms with Crippen LogP contribution in [0.1, 0.15) is 11.1 Å². The first kappa shape index (κ1) is 12.9. The molecule has 0 saturated heterocycles. The fourth-order valence-corrected chi connectivity index (χ4v) is 3.78. The first-order valence-electron chi connectivity index (χ1n) is 6.32. The molecule has 1 aliphatic rings. The molecule has 0 atom stereocenters. The van der Waals surface area contributed by atoms with Crippen LogP contribution in [0, 0.1) is 6.92 Å². The predicted octanol–water partition coefficient (Wildman–Crippen LogP) is 3.20. The van der Waals surface area contributed by atoms with E-state index in [4.69, 9.17) is 4.74 Å². The monoisotopic (exact) mass is 286 g/mol. The van der Waals surface area contributed by atoms with Crippen LogP contribution in [0.25, 0.3) is 6.08 Å². The second-order valence-corrected chi connectivity index (χ2v) is 6.67. The molecule has 0 fully saturated rings. The molecule has 3 rings (SSSR count). The minimum Gasteiger partial charge on any atom is -0.488 e. The molecule has 2 aromatic rings. The van der Waals surface area contributed by atoms with E-state index >= 15 is 0 Å². The number of ether oxygens (including phenoxy) is 1. The number of rotatable bonds is 3. The van der Waals surface area contributed by atoms with E-state index < -0.39 is 9.84 Å². The summed E-state index contributed by atoms with van der Waals surface area (Å²) in [4.78, 5) is 0.690. The third-order valence-electron chi connectivity index (χ3n) is 3.35. The normalized spacial score (nSPS) is 15.6. The zero-order chi connectivity index (χ0) is 14.2. The van der Waals surface area contributed by atoms with Gasteiger partial charge in [-0.05, 0) is 42.3 Å². The summed E-state index contributed by atoms with van der Waals surface area (Å²) in [6, 6.07) is 14.5. The lowest BCUT2D eigenvalue weighted by Crippen LogP contribution is -2.08. The van der Waals surface area contributed by atoms with Gasteiger partial charge in [0.15, 0.2) is 0 Å². The summed E-state index contributed by atoms with van der Waals surface area (Å²) in [5.41, 5.74) is 1.74. The first-order valence-corrected chi connectivity index (χ1v) is 7.80. The van der Waals surface area contributed by atoms with Crippen molar-refractivity contribution in [2.75, 3.05) is 6.61 Å². The van der Waals surface area contributed by atoms with Crippen LogP contribution in [-0.4, -0.2) is 15.0 Å². The second kappa shape index (κ2) is 4.80. The molecule has 102 valence electrons. The van der Waals surface area contributed by atoms with Crippen molar-refractivity contribution in [2.45, 2.75) is 11.8 Å². The molecule has 4 heteroatoms. The lowest BCUT2D eigenvalue weighted by molar-refractivity contribution is 0.359. The maximum absolute atomic E-state index is 12.4. The van der Waals surface area contributed by atoms with Gasteiger partial charge in [0, 0.05) is 0 Å². The zero-order valence-electron chi connectivity index (χ0n) is 11.0. The summed E-state index contributed by atoms with van der Waals surface area (Å²) in [6.45, 7) is 1.96. The van der Waals surface area contributed by atoms with Gasteiger partial charge in [-0.3, -0.25) is 0 Å². The Kier molecular flexibility index (Phi) is 3.10. The number of hydrogen-bond donors (Lipinski definition) is 0. The molecular formula is C16H14O3S. The molecule has 0 N–H and O–H groups in total. The quantitative estimate of drug-likeness (QED) is 0.870. The Morgan fingerprint density at radius 2 is 1.75 bits per heavy atom. The highest BCUT2D eigenvalue weighted by Gasteiger charge is 2.30. The van der Waals surface area contributed by atoms with Gasteiger partial charge >= 0.3 is 0 Å². The molecule has 1 aliphatic heterocycles. The smallest absolute Gasteiger partial charge is 0.206 e. The third kappa shape index (κ3) is 2.12. The lowest BCUT2D eigenvalue weighted by Gasteiger charge is -2.07. The summed E-state index contributed by atoms with van der Waals surface area (Å²) < 4.78 is 30.4. The van der Waals surface area contributed by atoms with Crippen molar-refractivity contribution in [1.82, 2.24) is 0 Å². The minimum atomic E-state index is -3.40. The topological polar surface area (TPSA) is 43.4 Å². The third-order valence-corrected chi connectivity index (χ3v) is 5.21. The molecule has 20 heavy (non-hydrogen) atoms. The van der Waals surface area contributed by atoms with Gasteiger partial charge in [-0.15, -0.1) is 0 Å². The van der Waals surface area contributed by atoms with E-state index in [-0.39, 0.29) is 6.61 Å². The van der Waals surface area contributed by atoms with Gasteiger partial charge < -0.3 is 4.74 Å². The molecule has 0 radical (unpaired) electrons. The van der Waals surface area contributed by atoms with Crippen LogP contribution < -0.4 is 4.74 Å². The van der Waals surface area contributed by atoms with Crippen LogP contribution in [0.5, 0.6) is 5.75 Å². The van der Waals surface area contributed by atoms with Crippen molar-refractivity contribution < 1.29 is 13.2 Å². The van der Waals surface area contributed by atoms with Crippen molar-refractivity contribution in [3.63, 3.8) is 0 Å². The Bertz CT molecular complexity index is 775. The van der Waals surface area contributed by atoms with Crippen molar-refractivity contribution in [3.8, 4) is 5.75 Å². The summed E-state index contributed by atoms with van der Waals surface area (Å²) in [6.07, 6.45) is 1.71. The van der Waals surface area contributed by atoms with Crippen LogP contribution in [0.15, 0.2) is 58.3 Å². The number of sulfone groups is 1. The minimum absolute atomic E-state index is 0.0560. The fourth-order valence-electron chi connectivity index (χ4n) is 2.24. The van der Waals surface area contributed by atoms with Gasteiger partial charge in [-0.1, -0.05) is 30.3 Å². The van der Waals surface area contributed by atoms with E-state index in [2.05, 4.69) is 0 Å². The van der Waals surface area contributed by atoms with Gasteiger partial charge in [0.1, 0.15) is 12.4 Å². The molecule has 2 aromatic carbocycles. The average Bonchev–Trinajstić information content (AvgIpc) is 2.71. The number of benzene rings is 2. The average molecular weight is 286 g/mol. The summed E-state index contributed by atoms with van der Waals surface area (Å²) in [5, 5.41) is 0. The Labute approximate surface area is 118 Å². The molecule has 1 heterocycles. The van der Waals surface area contributed by atoms with Crippen LogP contribution in [-0.2, 0) is 9.84 Å². The Morgan fingerprint density at radius 3 is 2.45 bits per heavy atom. The highest BCUT2D eigenvalue weighted by molar-refractivity contribution is 7.95. The molecular weight excluding hydrogens is 272 g/mol. The maximum atomic E-state index is 12.4. The van der Waals surface area contributed by atoms with E-state index in [0.29, 0.717) is 15.6 Å². The number of aryl methyl sites for hydroxylation is 1. The molecule has 0 unspecified atom stereocenters. The number of para-hydroxylation sites is 1. The van der Waals surface area contributed by atoms with Gasteiger partial charge in [0.05, 0.1) is 9.80 Å². The standard InChI is InChI=1S/C16H14O3S/c1-12-6-5-9-16-15(12)10-14(20(16,17)18)11-19-13-7-3-2-4-8-13/h2-10H,11H2,1H3. The van der Waals surface area contributed by atoms with Crippen molar-refractivity contribution in [3.05, 3.63) is 64.6 Å². The summed E-state index contributed by atoms with van der Waals surface area (Å²) in [7, 11) is -3.40. The van der Waals surface area contributed by atoms with E-state index in [1.54, 1.807) is 30.3 Å². The van der Waals surface area contributed by atoms with Crippen LogP contribution in [0.4, 0.5) is 0 Å². The molecule has 0 aromatic heterocycles. The zero-order valence-corrected chi connectivity index (χ0v) is 11.9. The number of fused-ring (bicyclic) bond motifs is 1. The van der Waals surface area contributed by atoms with E-state index in [1.807, 2.05) is 31.2 Å². The molecule has 0 aliphatic carbocycles. The van der Waals surface area contributed by atoms with E-state index in [1.165, 1.54) is 0 Å². The van der Waals surface area contributed by atoms with E-state index in [0.717, 1.165) is 11.1 Å². The second-order valence-electron chi connectivity index (χ2n) is 4.70. The van der Waals surface area contributed by atoms with Gasteiger partial charge in [-0.2, -0.15) is 0 Å². The van der Waals surface area contributed by atoms with Gasteiger partial charge in [0.2, 0.25) is 9.84 Å². The first-order chi connectivity index (χ1) is 9.59. The molecule has 3 nitrogen and oxygen atoms in total. The Morgan fingerprint density at radius 1 is 1.00 bits per heavy atom. The van der Waals surface area contributed by atoms with Crippen molar-refractivity contribution in [1.29, 1.82) is 0 Å². The van der Waals surface area contributed by atoms with Crippen molar-refractivity contribution >= 4 is 15.9 Å².